The summed E-state index contributed by atoms with van der Waals surface area (Å²) in [5.74, 6) is 1.17. The number of aliphatic hydroxyl groups is 1. The molecule has 0 aliphatic carbocycles. The Morgan fingerprint density at radius 3 is 2.96 bits per heavy atom. The van der Waals surface area contributed by atoms with Crippen molar-refractivity contribution in [3.63, 3.8) is 0 Å². The highest BCUT2D eigenvalue weighted by Crippen LogP contribution is 2.16. The number of hydrogen-bond acceptors (Lipinski definition) is 4. The number of nitrogens with one attached hydrogen (secondary N) is 2. The molecule has 3 N–H and O–H groups in total. The normalized spacial score (nSPS) is 12.4. The van der Waals surface area contributed by atoms with Gasteiger partial charge in [0, 0.05) is 12.8 Å². The fraction of sp³-hybridized carbons (Fsp3) is 0.294. The molecule has 0 saturated heterocycles. The number of aromatic amines is 1. The van der Waals surface area contributed by atoms with Gasteiger partial charge in [0.2, 0.25) is 5.91 Å². The average molecular weight is 313 g/mol. The lowest BCUT2D eigenvalue weighted by molar-refractivity contribution is -0.122. The second kappa shape index (κ2) is 6.66. The molecule has 0 fully saturated rings. The Morgan fingerprint density at radius 2 is 2.26 bits per heavy atom. The van der Waals surface area contributed by atoms with E-state index in [1.165, 1.54) is 6.26 Å². The predicted molar refractivity (Wildman–Crippen MR) is 85.8 cm³/mol. The lowest BCUT2D eigenvalue weighted by atomic mass is 10.2. The second-order valence-corrected chi connectivity index (χ2v) is 5.47. The number of rotatable bonds is 6. The first kappa shape index (κ1) is 15.3. The number of fused-ring (bicyclic) bond motifs is 1. The molecular formula is C17H19N3O3. The van der Waals surface area contributed by atoms with E-state index in [-0.39, 0.29) is 18.9 Å². The number of amides is 1. The molecule has 0 radical (unpaired) electrons. The van der Waals surface area contributed by atoms with Crippen molar-refractivity contribution in [1.82, 2.24) is 15.3 Å². The summed E-state index contributed by atoms with van der Waals surface area (Å²) >= 11 is 0. The number of furan rings is 1. The lowest BCUT2D eigenvalue weighted by Crippen LogP contribution is -2.30. The minimum absolute atomic E-state index is 0.155. The van der Waals surface area contributed by atoms with Crippen molar-refractivity contribution in [2.75, 3.05) is 6.61 Å². The molecule has 0 bridgehead atoms. The summed E-state index contributed by atoms with van der Waals surface area (Å²) in [4.78, 5) is 19.8. The largest absolute Gasteiger partial charge is 0.467 e. The molecule has 0 aliphatic heterocycles. The molecule has 2 aromatic heterocycles. The molecule has 1 aromatic carbocycles. The molecule has 3 aromatic rings. The van der Waals surface area contributed by atoms with Crippen molar-refractivity contribution in [2.24, 2.45) is 0 Å². The van der Waals surface area contributed by atoms with Crippen LogP contribution in [0.4, 0.5) is 0 Å². The number of aromatic nitrogens is 2. The summed E-state index contributed by atoms with van der Waals surface area (Å²) < 4.78 is 5.21. The molecule has 2 heterocycles. The van der Waals surface area contributed by atoms with E-state index < -0.39 is 6.04 Å². The maximum absolute atomic E-state index is 12.1. The summed E-state index contributed by atoms with van der Waals surface area (Å²) in [5, 5.41) is 12.1. The van der Waals surface area contributed by atoms with Crippen LogP contribution in [-0.2, 0) is 11.2 Å². The topological polar surface area (TPSA) is 91.2 Å². The van der Waals surface area contributed by atoms with E-state index in [9.17, 15) is 9.90 Å². The summed E-state index contributed by atoms with van der Waals surface area (Å²) in [6, 6.07) is 8.88. The van der Waals surface area contributed by atoms with Crippen LogP contribution in [0.5, 0.6) is 0 Å². The standard InChI is InChI=1S/C17H19N3O3/c1-11-4-2-5-12-17(11)20-15(18-12)7-8-16(22)19-13(10-21)14-6-3-9-23-14/h2-6,9,13,21H,7-8,10H2,1H3,(H,18,20)(H,19,22). The van der Waals surface area contributed by atoms with Crippen molar-refractivity contribution in [3.05, 3.63) is 53.7 Å². The number of nitrogens with zero attached hydrogens (tertiary/aromatic N) is 1. The Bertz CT molecular complexity index is 793. The van der Waals surface area contributed by atoms with Crippen molar-refractivity contribution < 1.29 is 14.3 Å². The molecule has 6 heteroatoms. The third-order valence-electron chi connectivity index (χ3n) is 3.76. The van der Waals surface area contributed by atoms with Gasteiger partial charge in [0.1, 0.15) is 17.6 Å². The number of aryl methyl sites for hydroxylation is 2. The Kier molecular flexibility index (Phi) is 4.43. The summed E-state index contributed by atoms with van der Waals surface area (Å²) in [6.07, 6.45) is 2.31. The zero-order valence-electron chi connectivity index (χ0n) is 12.9. The third-order valence-corrected chi connectivity index (χ3v) is 3.76. The first-order chi connectivity index (χ1) is 11.2. The maximum Gasteiger partial charge on any atom is 0.221 e. The predicted octanol–water partition coefficient (Wildman–Crippen LogP) is 2.25. The number of benzene rings is 1. The Morgan fingerprint density at radius 1 is 1.39 bits per heavy atom. The fourth-order valence-electron chi connectivity index (χ4n) is 2.54. The first-order valence-electron chi connectivity index (χ1n) is 7.55. The summed E-state index contributed by atoms with van der Waals surface area (Å²) in [7, 11) is 0. The number of carbonyl (C=O) groups excluding carboxylic acids is 1. The number of aliphatic hydroxyl groups excluding tert-OH is 1. The quantitative estimate of drug-likeness (QED) is 0.651. The summed E-state index contributed by atoms with van der Waals surface area (Å²) in [6.45, 7) is 1.80. The van der Waals surface area contributed by atoms with Crippen LogP contribution in [0.2, 0.25) is 0 Å². The monoisotopic (exact) mass is 313 g/mol. The van der Waals surface area contributed by atoms with E-state index in [1.807, 2.05) is 25.1 Å². The van der Waals surface area contributed by atoms with Gasteiger partial charge in [-0.15, -0.1) is 0 Å². The van der Waals surface area contributed by atoms with Gasteiger partial charge in [0.15, 0.2) is 0 Å². The van der Waals surface area contributed by atoms with Crippen molar-refractivity contribution in [3.8, 4) is 0 Å². The lowest BCUT2D eigenvalue weighted by Gasteiger charge is -2.13. The van der Waals surface area contributed by atoms with Gasteiger partial charge in [-0.25, -0.2) is 4.98 Å². The van der Waals surface area contributed by atoms with Gasteiger partial charge in [-0.2, -0.15) is 0 Å². The van der Waals surface area contributed by atoms with Crippen molar-refractivity contribution in [2.45, 2.75) is 25.8 Å². The van der Waals surface area contributed by atoms with E-state index in [2.05, 4.69) is 15.3 Å². The smallest absolute Gasteiger partial charge is 0.221 e. The maximum atomic E-state index is 12.1. The van der Waals surface area contributed by atoms with Crippen molar-refractivity contribution in [1.29, 1.82) is 0 Å². The van der Waals surface area contributed by atoms with E-state index >= 15 is 0 Å². The van der Waals surface area contributed by atoms with E-state index in [1.54, 1.807) is 12.1 Å². The zero-order valence-corrected chi connectivity index (χ0v) is 12.9. The number of imidazole rings is 1. The van der Waals surface area contributed by atoms with E-state index in [0.29, 0.717) is 12.2 Å². The van der Waals surface area contributed by atoms with Crippen LogP contribution in [0.1, 0.15) is 29.6 Å². The van der Waals surface area contributed by atoms with Crippen LogP contribution in [0.15, 0.2) is 41.0 Å². The van der Waals surface area contributed by atoms with Crippen LogP contribution in [0, 0.1) is 6.92 Å². The van der Waals surface area contributed by atoms with Gasteiger partial charge in [-0.1, -0.05) is 12.1 Å². The van der Waals surface area contributed by atoms with Crippen LogP contribution >= 0.6 is 0 Å². The van der Waals surface area contributed by atoms with Gasteiger partial charge in [-0.05, 0) is 30.7 Å². The van der Waals surface area contributed by atoms with Gasteiger partial charge >= 0.3 is 0 Å². The first-order valence-corrected chi connectivity index (χ1v) is 7.55. The Hall–Kier alpha value is -2.60. The number of hydrogen-bond donors (Lipinski definition) is 3. The van der Waals surface area contributed by atoms with Crippen LogP contribution in [0.25, 0.3) is 11.0 Å². The number of H-pyrrole nitrogens is 1. The molecule has 23 heavy (non-hydrogen) atoms. The van der Waals surface area contributed by atoms with Crippen LogP contribution in [0.3, 0.4) is 0 Å². The number of para-hydroxylation sites is 1. The Balaban J connectivity index is 1.60. The molecule has 120 valence electrons. The zero-order chi connectivity index (χ0) is 16.2. The molecule has 1 atom stereocenters. The average Bonchev–Trinajstić information content (AvgIpc) is 3.20. The highest BCUT2D eigenvalue weighted by Gasteiger charge is 2.16. The molecule has 0 spiro atoms. The highest BCUT2D eigenvalue weighted by atomic mass is 16.3. The van der Waals surface area contributed by atoms with E-state index in [0.717, 1.165) is 22.4 Å². The van der Waals surface area contributed by atoms with Crippen LogP contribution in [-0.4, -0.2) is 27.6 Å². The molecule has 1 unspecified atom stereocenters. The van der Waals surface area contributed by atoms with Gasteiger partial charge in [0.25, 0.3) is 0 Å². The third kappa shape index (κ3) is 3.43. The summed E-state index contributed by atoms with van der Waals surface area (Å²) in [5.41, 5.74) is 3.02. The molecule has 0 saturated carbocycles. The van der Waals surface area contributed by atoms with Gasteiger partial charge < -0.3 is 19.8 Å². The van der Waals surface area contributed by atoms with Gasteiger partial charge in [-0.3, -0.25) is 4.79 Å². The highest BCUT2D eigenvalue weighted by molar-refractivity contribution is 5.79. The van der Waals surface area contributed by atoms with Crippen LogP contribution < -0.4 is 5.32 Å². The number of carbonyl (C=O) groups is 1. The SMILES string of the molecule is Cc1cccc2[nH]c(CCC(=O)NC(CO)c3ccco3)nc12. The molecule has 0 aliphatic rings. The van der Waals surface area contributed by atoms with E-state index in [4.69, 9.17) is 4.42 Å². The Labute approximate surface area is 133 Å². The van der Waals surface area contributed by atoms with Crippen molar-refractivity contribution >= 4 is 16.9 Å². The minimum atomic E-state index is -0.518. The molecule has 3 rings (SSSR count). The molecule has 1 amide bonds. The minimum Gasteiger partial charge on any atom is -0.467 e. The van der Waals surface area contributed by atoms with Gasteiger partial charge in [0.05, 0.1) is 23.9 Å². The fourth-order valence-corrected chi connectivity index (χ4v) is 2.54. The second-order valence-electron chi connectivity index (χ2n) is 5.47. The molecular weight excluding hydrogens is 294 g/mol. The molecule has 6 nitrogen and oxygen atoms in total.